The fourth-order valence-corrected chi connectivity index (χ4v) is 3.37. The van der Waals surface area contributed by atoms with Crippen LogP contribution in [0.25, 0.3) is 0 Å². The van der Waals surface area contributed by atoms with Crippen molar-refractivity contribution in [2.24, 2.45) is 5.92 Å². The molecule has 12 heteroatoms. The fraction of sp³-hybridized carbons (Fsp3) is 0.533. The summed E-state index contributed by atoms with van der Waals surface area (Å²) in [6, 6.07) is -0.211. The lowest BCUT2D eigenvalue weighted by Gasteiger charge is -2.37. The number of hydrogen-bond donors (Lipinski definition) is 4. The summed E-state index contributed by atoms with van der Waals surface area (Å²) in [5.74, 6) is -3.57. The summed E-state index contributed by atoms with van der Waals surface area (Å²) >= 11 is 0. The molecule has 1 aromatic rings. The van der Waals surface area contributed by atoms with Crippen molar-refractivity contribution in [3.05, 3.63) is 35.1 Å². The van der Waals surface area contributed by atoms with E-state index < -0.39 is 60.4 Å². The third-order valence-corrected chi connectivity index (χ3v) is 4.70. The molecule has 0 bridgehead atoms. The number of nitrogens with one attached hydrogen (secondary N) is 3. The van der Waals surface area contributed by atoms with Crippen LogP contribution in [0, 0.1) is 11.7 Å². The van der Waals surface area contributed by atoms with E-state index >= 15 is 0 Å². The first-order valence-corrected chi connectivity index (χ1v) is 7.94. The highest BCUT2D eigenvalue weighted by molar-refractivity contribution is 5.81. The molecule has 2 aliphatic heterocycles. The van der Waals surface area contributed by atoms with Crippen LogP contribution < -0.4 is 16.1 Å². The van der Waals surface area contributed by atoms with Crippen LogP contribution in [0.3, 0.4) is 0 Å². The van der Waals surface area contributed by atoms with Crippen LogP contribution in [-0.2, 0) is 11.0 Å². The Morgan fingerprint density at radius 3 is 2.48 bits per heavy atom. The zero-order chi connectivity index (χ0) is 20.1. The van der Waals surface area contributed by atoms with Gasteiger partial charge in [-0.1, -0.05) is 6.07 Å². The van der Waals surface area contributed by atoms with E-state index in [1.165, 1.54) is 11.9 Å². The molecule has 2 saturated heterocycles. The lowest BCUT2D eigenvalue weighted by Crippen LogP contribution is -2.64. The van der Waals surface area contributed by atoms with Gasteiger partial charge >= 0.3 is 6.18 Å². The molecule has 1 aromatic carbocycles. The minimum atomic E-state index is -4.86. The summed E-state index contributed by atoms with van der Waals surface area (Å²) < 4.78 is 78.6. The largest absolute Gasteiger partial charge is 0.419 e. The van der Waals surface area contributed by atoms with Gasteiger partial charge in [-0.25, -0.2) is 23.6 Å². The van der Waals surface area contributed by atoms with Gasteiger partial charge in [-0.15, -0.1) is 0 Å². The maximum absolute atomic E-state index is 13.9. The van der Waals surface area contributed by atoms with Gasteiger partial charge in [0.25, 0.3) is 6.43 Å². The number of nitrogens with zero attached hydrogens (tertiary/aromatic N) is 1. The Balaban J connectivity index is 1.90. The van der Waals surface area contributed by atoms with E-state index in [2.05, 4.69) is 16.1 Å². The van der Waals surface area contributed by atoms with E-state index in [-0.39, 0.29) is 5.56 Å². The van der Waals surface area contributed by atoms with Gasteiger partial charge in [0.15, 0.2) is 6.35 Å². The predicted molar refractivity (Wildman–Crippen MR) is 79.1 cm³/mol. The standard InChI is InChI=1S/C15H16F6N4O2/c1-5(6-2-3-7(8(16)4-6)15(19,20)21)25-12-9(10(24-25)11(17)18)13(26)23-14(27)22-12/h2-5,9-12,14,22,24,27H,1H3,(H,23,26). The van der Waals surface area contributed by atoms with Gasteiger partial charge in [-0.3, -0.25) is 10.1 Å². The van der Waals surface area contributed by atoms with Gasteiger partial charge in [0.05, 0.1) is 23.7 Å². The molecule has 0 aromatic heterocycles. The lowest BCUT2D eigenvalue weighted by molar-refractivity contribution is -0.140. The summed E-state index contributed by atoms with van der Waals surface area (Å²) in [5, 5.41) is 15.4. The average Bonchev–Trinajstić information content (AvgIpc) is 2.92. The van der Waals surface area contributed by atoms with Crippen LogP contribution in [0.2, 0.25) is 0 Å². The van der Waals surface area contributed by atoms with Crippen LogP contribution in [-0.4, -0.2) is 41.0 Å². The molecule has 150 valence electrons. The number of carbonyl (C=O) groups is 1. The van der Waals surface area contributed by atoms with Gasteiger partial charge in [0, 0.05) is 6.04 Å². The van der Waals surface area contributed by atoms with Crippen LogP contribution in [0.1, 0.15) is 24.1 Å². The number of benzene rings is 1. The Labute approximate surface area is 149 Å². The third-order valence-electron chi connectivity index (χ3n) is 4.70. The Kier molecular flexibility index (Phi) is 5.10. The molecule has 5 atom stereocenters. The Bertz CT molecular complexity index is 731. The Morgan fingerprint density at radius 2 is 1.93 bits per heavy atom. The molecule has 0 radical (unpaired) electrons. The van der Waals surface area contributed by atoms with Crippen molar-refractivity contribution in [1.82, 2.24) is 21.1 Å². The third kappa shape index (κ3) is 3.61. The maximum atomic E-state index is 13.9. The second kappa shape index (κ2) is 6.93. The van der Waals surface area contributed by atoms with Crippen LogP contribution in [0.15, 0.2) is 18.2 Å². The molecule has 0 spiro atoms. The van der Waals surface area contributed by atoms with E-state index in [1.54, 1.807) is 0 Å². The number of fused-ring (bicyclic) bond motifs is 1. The van der Waals surface area contributed by atoms with Crippen molar-refractivity contribution in [1.29, 1.82) is 0 Å². The predicted octanol–water partition coefficient (Wildman–Crippen LogP) is 1.30. The molecular formula is C15H16F6N4O2. The van der Waals surface area contributed by atoms with Crippen LogP contribution in [0.5, 0.6) is 0 Å². The van der Waals surface area contributed by atoms with Gasteiger partial charge < -0.3 is 10.4 Å². The zero-order valence-electron chi connectivity index (χ0n) is 13.8. The minimum absolute atomic E-state index is 0.0731. The number of alkyl halides is 5. The molecule has 0 aliphatic carbocycles. The number of rotatable bonds is 3. The molecule has 0 saturated carbocycles. The highest BCUT2D eigenvalue weighted by atomic mass is 19.4. The second-order valence-corrected chi connectivity index (χ2v) is 6.36. The van der Waals surface area contributed by atoms with Crippen molar-refractivity contribution < 1.29 is 36.2 Å². The van der Waals surface area contributed by atoms with Crippen molar-refractivity contribution in [2.45, 2.75) is 44.1 Å². The number of carbonyl (C=O) groups excluding carboxylic acids is 1. The zero-order valence-corrected chi connectivity index (χ0v) is 13.8. The maximum Gasteiger partial charge on any atom is 0.419 e. The smallest absolute Gasteiger partial charge is 0.361 e. The van der Waals surface area contributed by atoms with Gasteiger partial charge in [0.2, 0.25) is 5.91 Å². The summed E-state index contributed by atoms with van der Waals surface area (Å²) in [5.41, 5.74) is 1.08. The molecule has 5 unspecified atom stereocenters. The van der Waals surface area contributed by atoms with E-state index in [4.69, 9.17) is 0 Å². The first-order valence-electron chi connectivity index (χ1n) is 7.94. The Morgan fingerprint density at radius 1 is 1.26 bits per heavy atom. The van der Waals surface area contributed by atoms with Crippen molar-refractivity contribution in [3.8, 4) is 0 Å². The summed E-state index contributed by atoms with van der Waals surface area (Å²) in [7, 11) is 0. The van der Waals surface area contributed by atoms with Gasteiger partial charge in [-0.05, 0) is 24.6 Å². The molecule has 4 N–H and O–H groups in total. The molecule has 2 aliphatic rings. The average molecular weight is 398 g/mol. The summed E-state index contributed by atoms with van der Waals surface area (Å²) in [6.45, 7) is 1.44. The quantitative estimate of drug-likeness (QED) is 0.578. The number of halogens is 6. The highest BCUT2D eigenvalue weighted by Gasteiger charge is 2.53. The Hall–Kier alpha value is -1.89. The van der Waals surface area contributed by atoms with E-state index in [0.29, 0.717) is 12.1 Å². The summed E-state index contributed by atoms with van der Waals surface area (Å²) in [4.78, 5) is 12.0. The molecular weight excluding hydrogens is 382 g/mol. The van der Waals surface area contributed by atoms with E-state index in [1.807, 2.05) is 0 Å². The first-order chi connectivity index (χ1) is 12.5. The number of amides is 1. The summed E-state index contributed by atoms with van der Waals surface area (Å²) in [6.07, 6.45) is -10.4. The molecule has 1 amide bonds. The van der Waals surface area contributed by atoms with Crippen molar-refractivity contribution in [3.63, 3.8) is 0 Å². The fourth-order valence-electron chi connectivity index (χ4n) is 3.37. The first kappa shape index (κ1) is 19.9. The van der Waals surface area contributed by atoms with E-state index in [9.17, 15) is 36.2 Å². The number of aliphatic hydroxyl groups excluding tert-OH is 1. The van der Waals surface area contributed by atoms with E-state index in [0.717, 1.165) is 6.07 Å². The molecule has 6 nitrogen and oxygen atoms in total. The van der Waals surface area contributed by atoms with Crippen LogP contribution in [0.4, 0.5) is 26.3 Å². The highest BCUT2D eigenvalue weighted by Crippen LogP contribution is 2.36. The van der Waals surface area contributed by atoms with Crippen LogP contribution >= 0.6 is 0 Å². The van der Waals surface area contributed by atoms with Crippen molar-refractivity contribution in [2.75, 3.05) is 0 Å². The lowest BCUT2D eigenvalue weighted by atomic mass is 9.95. The monoisotopic (exact) mass is 398 g/mol. The minimum Gasteiger partial charge on any atom is -0.361 e. The molecule has 2 heterocycles. The number of hydrogen-bond acceptors (Lipinski definition) is 5. The molecule has 27 heavy (non-hydrogen) atoms. The van der Waals surface area contributed by atoms with Gasteiger partial charge in [0.1, 0.15) is 5.82 Å². The van der Waals surface area contributed by atoms with Gasteiger partial charge in [-0.2, -0.15) is 13.2 Å². The SMILES string of the molecule is CC(c1ccc(C(F)(F)F)c(F)c1)N1NC(C(F)F)C2C(=O)NC(O)NC21. The normalized spacial score (nSPS) is 30.3. The van der Waals surface area contributed by atoms with Crippen molar-refractivity contribution >= 4 is 5.91 Å². The second-order valence-electron chi connectivity index (χ2n) is 6.36. The number of hydrazine groups is 1. The molecule has 2 fully saturated rings. The molecule has 3 rings (SSSR count). The topological polar surface area (TPSA) is 76.6 Å². The number of aliphatic hydroxyl groups is 1.